The minimum atomic E-state index is 0.352. The van der Waals surface area contributed by atoms with E-state index in [1.54, 1.807) is 0 Å². The van der Waals surface area contributed by atoms with E-state index in [0.29, 0.717) is 17.5 Å². The number of rotatable bonds is 2. The van der Waals surface area contributed by atoms with Crippen molar-refractivity contribution in [3.8, 4) is 0 Å². The molecule has 0 amide bonds. The molecule has 1 heterocycles. The van der Waals surface area contributed by atoms with Gasteiger partial charge in [-0.25, -0.2) is 0 Å². The zero-order valence-electron chi connectivity index (χ0n) is 12.3. The summed E-state index contributed by atoms with van der Waals surface area (Å²) < 4.78 is 0. The Bertz CT molecular complexity index is 363. The van der Waals surface area contributed by atoms with Crippen LogP contribution in [-0.4, -0.2) is 17.5 Å². The van der Waals surface area contributed by atoms with Crippen LogP contribution in [0, 0.1) is 5.41 Å². The van der Waals surface area contributed by atoms with Crippen LogP contribution in [0.2, 0.25) is 0 Å². The molecule has 1 aromatic carbocycles. The topological polar surface area (TPSA) is 3.24 Å². The molecule has 0 aromatic heterocycles. The lowest BCUT2D eigenvalue weighted by Gasteiger charge is -2.45. The van der Waals surface area contributed by atoms with E-state index in [-0.39, 0.29) is 0 Å². The van der Waals surface area contributed by atoms with Gasteiger partial charge in [0.2, 0.25) is 0 Å². The summed E-state index contributed by atoms with van der Waals surface area (Å²) in [5.74, 6) is 0. The Morgan fingerprint density at radius 2 is 1.78 bits per heavy atom. The number of piperidine rings is 1. The highest BCUT2D eigenvalue weighted by Gasteiger charge is 2.33. The Labute approximate surface area is 112 Å². The minimum Gasteiger partial charge on any atom is -0.293 e. The Morgan fingerprint density at radius 3 is 2.39 bits per heavy atom. The monoisotopic (exact) mass is 245 g/mol. The van der Waals surface area contributed by atoms with E-state index in [1.807, 2.05) is 0 Å². The molecule has 0 saturated carbocycles. The summed E-state index contributed by atoms with van der Waals surface area (Å²) in [6.07, 6.45) is 4.03. The fourth-order valence-electron chi connectivity index (χ4n) is 2.95. The summed E-state index contributed by atoms with van der Waals surface area (Å²) in [4.78, 5) is 2.72. The van der Waals surface area contributed by atoms with Gasteiger partial charge in [-0.2, -0.15) is 0 Å². The van der Waals surface area contributed by atoms with Gasteiger partial charge in [-0.05, 0) is 37.3 Å². The fraction of sp³-hybridized carbons (Fsp3) is 0.647. The van der Waals surface area contributed by atoms with Gasteiger partial charge in [-0.3, -0.25) is 4.90 Å². The molecule has 18 heavy (non-hydrogen) atoms. The summed E-state index contributed by atoms with van der Waals surface area (Å²) >= 11 is 0. The van der Waals surface area contributed by atoms with Crippen LogP contribution in [0.4, 0.5) is 0 Å². The van der Waals surface area contributed by atoms with Crippen molar-refractivity contribution in [2.75, 3.05) is 6.54 Å². The summed E-state index contributed by atoms with van der Waals surface area (Å²) in [5, 5.41) is 0. The molecule has 0 spiro atoms. The number of benzene rings is 1. The zero-order valence-corrected chi connectivity index (χ0v) is 12.3. The molecule has 1 heteroatoms. The van der Waals surface area contributed by atoms with Crippen molar-refractivity contribution < 1.29 is 0 Å². The second kappa shape index (κ2) is 5.44. The van der Waals surface area contributed by atoms with Crippen LogP contribution in [0.15, 0.2) is 30.3 Å². The van der Waals surface area contributed by atoms with Gasteiger partial charge in [-0.15, -0.1) is 0 Å². The lowest BCUT2D eigenvalue weighted by Crippen LogP contribution is -2.46. The Kier molecular flexibility index (Phi) is 4.11. The second-order valence-electron chi connectivity index (χ2n) is 6.70. The molecule has 0 bridgehead atoms. The molecule has 1 fully saturated rings. The molecule has 1 saturated heterocycles. The Morgan fingerprint density at radius 1 is 1.11 bits per heavy atom. The van der Waals surface area contributed by atoms with Crippen LogP contribution in [0.3, 0.4) is 0 Å². The molecule has 2 rings (SSSR count). The molecule has 1 nitrogen and oxygen atoms in total. The number of likely N-dealkylation sites (tertiary alicyclic amines) is 1. The van der Waals surface area contributed by atoms with Gasteiger partial charge in [0.1, 0.15) is 0 Å². The maximum Gasteiger partial charge on any atom is 0.0351 e. The van der Waals surface area contributed by atoms with E-state index in [1.165, 1.54) is 31.4 Å². The molecule has 1 aromatic rings. The summed E-state index contributed by atoms with van der Waals surface area (Å²) in [7, 11) is 0. The molecule has 1 aliphatic heterocycles. The van der Waals surface area contributed by atoms with Crippen molar-refractivity contribution in [1.82, 2.24) is 4.90 Å². The Hall–Kier alpha value is -0.820. The average Bonchev–Trinajstić information content (AvgIpc) is 2.38. The van der Waals surface area contributed by atoms with Crippen molar-refractivity contribution in [2.45, 2.75) is 59.0 Å². The maximum absolute atomic E-state index is 2.72. The highest BCUT2D eigenvalue weighted by molar-refractivity contribution is 5.20. The molecule has 0 aliphatic carbocycles. The summed E-state index contributed by atoms with van der Waals surface area (Å²) in [6, 6.07) is 12.3. The SMILES string of the molecule is C[C@@H](N1CCCC[C@H]1c1ccccc1)C(C)(C)C. The number of hydrogen-bond acceptors (Lipinski definition) is 1. The largest absolute Gasteiger partial charge is 0.293 e. The Balaban J connectivity index is 2.22. The molecule has 0 radical (unpaired) electrons. The summed E-state index contributed by atoms with van der Waals surface area (Å²) in [6.45, 7) is 10.7. The van der Waals surface area contributed by atoms with Crippen LogP contribution in [0.5, 0.6) is 0 Å². The quantitative estimate of drug-likeness (QED) is 0.733. The fourth-order valence-corrected chi connectivity index (χ4v) is 2.95. The van der Waals surface area contributed by atoms with Gasteiger partial charge < -0.3 is 0 Å². The first-order valence-electron chi connectivity index (χ1n) is 7.31. The summed E-state index contributed by atoms with van der Waals surface area (Å²) in [5.41, 5.74) is 1.85. The first-order valence-corrected chi connectivity index (χ1v) is 7.31. The normalized spacial score (nSPS) is 23.9. The van der Waals surface area contributed by atoms with E-state index >= 15 is 0 Å². The zero-order chi connectivity index (χ0) is 13.2. The van der Waals surface area contributed by atoms with E-state index in [0.717, 1.165) is 0 Å². The van der Waals surface area contributed by atoms with Gasteiger partial charge >= 0.3 is 0 Å². The average molecular weight is 245 g/mol. The molecule has 0 unspecified atom stereocenters. The molecular weight excluding hydrogens is 218 g/mol. The molecule has 2 atom stereocenters. The van der Waals surface area contributed by atoms with Crippen molar-refractivity contribution in [2.24, 2.45) is 5.41 Å². The van der Waals surface area contributed by atoms with Crippen LogP contribution >= 0.6 is 0 Å². The maximum atomic E-state index is 2.72. The van der Waals surface area contributed by atoms with Crippen molar-refractivity contribution in [1.29, 1.82) is 0 Å². The van der Waals surface area contributed by atoms with Gasteiger partial charge in [0.05, 0.1) is 0 Å². The van der Waals surface area contributed by atoms with Gasteiger partial charge in [-0.1, -0.05) is 57.5 Å². The van der Waals surface area contributed by atoms with E-state index in [4.69, 9.17) is 0 Å². The number of nitrogens with zero attached hydrogens (tertiary/aromatic N) is 1. The molecule has 0 N–H and O–H groups in total. The molecule has 1 aliphatic rings. The first-order chi connectivity index (χ1) is 8.50. The van der Waals surface area contributed by atoms with E-state index < -0.39 is 0 Å². The lowest BCUT2D eigenvalue weighted by molar-refractivity contribution is 0.0435. The molecule has 100 valence electrons. The predicted octanol–water partition coefficient (Wildman–Crippen LogP) is 4.65. The van der Waals surface area contributed by atoms with E-state index in [2.05, 4.69) is 62.9 Å². The van der Waals surface area contributed by atoms with E-state index in [9.17, 15) is 0 Å². The highest BCUT2D eigenvalue weighted by atomic mass is 15.2. The van der Waals surface area contributed by atoms with Crippen LogP contribution in [0.25, 0.3) is 0 Å². The van der Waals surface area contributed by atoms with Gasteiger partial charge in [0.25, 0.3) is 0 Å². The first kappa shape index (κ1) is 13.6. The van der Waals surface area contributed by atoms with Crippen LogP contribution < -0.4 is 0 Å². The van der Waals surface area contributed by atoms with Crippen molar-refractivity contribution >= 4 is 0 Å². The van der Waals surface area contributed by atoms with Crippen LogP contribution in [0.1, 0.15) is 58.6 Å². The highest BCUT2D eigenvalue weighted by Crippen LogP contribution is 2.37. The third kappa shape index (κ3) is 2.95. The standard InChI is InChI=1S/C17H27N/c1-14(17(2,3)4)18-13-9-8-12-16(18)15-10-6-5-7-11-15/h5-7,10-11,14,16H,8-9,12-13H2,1-4H3/t14-,16+/m1/s1. The van der Waals surface area contributed by atoms with Crippen molar-refractivity contribution in [3.63, 3.8) is 0 Å². The van der Waals surface area contributed by atoms with Gasteiger partial charge in [0.15, 0.2) is 0 Å². The second-order valence-corrected chi connectivity index (χ2v) is 6.70. The lowest BCUT2D eigenvalue weighted by atomic mass is 9.83. The smallest absolute Gasteiger partial charge is 0.0351 e. The van der Waals surface area contributed by atoms with Crippen molar-refractivity contribution in [3.05, 3.63) is 35.9 Å². The van der Waals surface area contributed by atoms with Crippen LogP contribution in [-0.2, 0) is 0 Å². The molecular formula is C17H27N. The predicted molar refractivity (Wildman–Crippen MR) is 78.7 cm³/mol. The van der Waals surface area contributed by atoms with Gasteiger partial charge in [0, 0.05) is 12.1 Å². The third-order valence-corrected chi connectivity index (χ3v) is 4.48. The number of hydrogen-bond donors (Lipinski definition) is 0. The third-order valence-electron chi connectivity index (χ3n) is 4.48. The minimum absolute atomic E-state index is 0.352.